The molecule has 1 unspecified atom stereocenters. The van der Waals surface area contributed by atoms with E-state index in [0.29, 0.717) is 25.9 Å². The smallest absolute Gasteiger partial charge is 0.242 e. The van der Waals surface area contributed by atoms with Gasteiger partial charge in [-0.15, -0.1) is 0 Å². The highest BCUT2D eigenvalue weighted by Gasteiger charge is 2.43. The quantitative estimate of drug-likeness (QED) is 0.821. The number of rotatable bonds is 3. The first-order chi connectivity index (χ1) is 13.3. The van der Waals surface area contributed by atoms with Gasteiger partial charge in [0.25, 0.3) is 0 Å². The first-order valence-electron chi connectivity index (χ1n) is 10.1. The molecule has 4 nitrogen and oxygen atoms in total. The summed E-state index contributed by atoms with van der Waals surface area (Å²) in [6.45, 7) is 7.93. The summed E-state index contributed by atoms with van der Waals surface area (Å²) in [4.78, 5) is 29.5. The molecule has 4 heteroatoms. The minimum Gasteiger partial charge on any atom is -0.331 e. The highest BCUT2D eigenvalue weighted by atomic mass is 16.2. The fraction of sp³-hybridized carbons (Fsp3) is 0.417. The molecular weight excluding hydrogens is 348 g/mol. The number of hydrogen-bond donors (Lipinski definition) is 0. The summed E-state index contributed by atoms with van der Waals surface area (Å²) in [5.41, 5.74) is 4.78. The van der Waals surface area contributed by atoms with Crippen LogP contribution in [-0.2, 0) is 21.4 Å². The maximum absolute atomic E-state index is 12.9. The summed E-state index contributed by atoms with van der Waals surface area (Å²) in [6.07, 6.45) is 1.15. The monoisotopic (exact) mass is 376 g/mol. The van der Waals surface area contributed by atoms with Crippen LogP contribution in [0.15, 0.2) is 48.5 Å². The summed E-state index contributed by atoms with van der Waals surface area (Å²) < 4.78 is 0. The van der Waals surface area contributed by atoms with Crippen molar-refractivity contribution in [2.24, 2.45) is 0 Å². The van der Waals surface area contributed by atoms with Gasteiger partial charge in [0.15, 0.2) is 0 Å². The van der Waals surface area contributed by atoms with E-state index >= 15 is 0 Å². The maximum atomic E-state index is 12.9. The van der Waals surface area contributed by atoms with Crippen LogP contribution in [0.4, 0.5) is 0 Å². The molecule has 2 amide bonds. The van der Waals surface area contributed by atoms with Crippen molar-refractivity contribution < 1.29 is 9.59 Å². The van der Waals surface area contributed by atoms with Crippen LogP contribution in [0.1, 0.15) is 48.6 Å². The highest BCUT2D eigenvalue weighted by Crippen LogP contribution is 2.41. The zero-order chi connectivity index (χ0) is 19.9. The van der Waals surface area contributed by atoms with Gasteiger partial charge >= 0.3 is 0 Å². The van der Waals surface area contributed by atoms with Crippen LogP contribution in [-0.4, -0.2) is 41.2 Å². The molecule has 1 atom stereocenters. The molecule has 4 rings (SSSR count). The number of nitrogens with zero attached hydrogens (tertiary/aromatic N) is 2. The molecule has 146 valence electrons. The maximum Gasteiger partial charge on any atom is 0.242 e. The molecule has 1 saturated heterocycles. The van der Waals surface area contributed by atoms with E-state index in [1.807, 2.05) is 11.0 Å². The highest BCUT2D eigenvalue weighted by molar-refractivity contribution is 5.87. The minimum absolute atomic E-state index is 0.0335. The lowest BCUT2D eigenvalue weighted by molar-refractivity contribution is -0.150. The Labute approximate surface area is 167 Å². The first-order valence-corrected chi connectivity index (χ1v) is 10.1. The Morgan fingerprint density at radius 3 is 2.57 bits per heavy atom. The summed E-state index contributed by atoms with van der Waals surface area (Å²) >= 11 is 0. The van der Waals surface area contributed by atoms with Gasteiger partial charge in [-0.3, -0.25) is 9.59 Å². The zero-order valence-corrected chi connectivity index (χ0v) is 16.9. The average Bonchev–Trinajstić information content (AvgIpc) is 2.68. The fourth-order valence-electron chi connectivity index (χ4n) is 4.53. The number of fused-ring (bicyclic) bond motifs is 3. The van der Waals surface area contributed by atoms with Gasteiger partial charge in [-0.1, -0.05) is 67.9 Å². The van der Waals surface area contributed by atoms with Gasteiger partial charge in [-0.2, -0.15) is 0 Å². The molecule has 2 aliphatic heterocycles. The predicted octanol–water partition coefficient (Wildman–Crippen LogP) is 3.63. The van der Waals surface area contributed by atoms with Crippen LogP contribution in [0, 0.1) is 6.92 Å². The SMILES string of the molecule is Cc1ccc(CCC(=O)N2CC(=O)N3CC(C)(C)c4ccccc4C3C2)cc1. The van der Waals surface area contributed by atoms with Crippen molar-refractivity contribution in [1.29, 1.82) is 0 Å². The van der Waals surface area contributed by atoms with Gasteiger partial charge in [0.1, 0.15) is 0 Å². The topological polar surface area (TPSA) is 40.6 Å². The molecular formula is C24H28N2O2. The second-order valence-corrected chi connectivity index (χ2v) is 8.77. The summed E-state index contributed by atoms with van der Waals surface area (Å²) in [7, 11) is 0. The zero-order valence-electron chi connectivity index (χ0n) is 16.9. The van der Waals surface area contributed by atoms with Crippen molar-refractivity contribution in [2.75, 3.05) is 19.6 Å². The predicted molar refractivity (Wildman–Crippen MR) is 110 cm³/mol. The van der Waals surface area contributed by atoms with E-state index in [-0.39, 0.29) is 29.8 Å². The van der Waals surface area contributed by atoms with Crippen LogP contribution in [0.5, 0.6) is 0 Å². The Balaban J connectivity index is 1.51. The van der Waals surface area contributed by atoms with E-state index < -0.39 is 0 Å². The summed E-state index contributed by atoms with van der Waals surface area (Å²) in [6, 6.07) is 16.6. The standard InChI is InChI=1S/C24H28N2O2/c1-17-8-10-18(11-9-17)12-13-22(27)25-14-21-19-6-4-5-7-20(19)24(2,3)16-26(21)23(28)15-25/h4-11,21H,12-16H2,1-3H3. The summed E-state index contributed by atoms with van der Waals surface area (Å²) in [5.74, 6) is 0.124. The molecule has 0 N–H and O–H groups in total. The molecule has 0 bridgehead atoms. The molecule has 2 heterocycles. The van der Waals surface area contributed by atoms with Crippen LogP contribution in [0.2, 0.25) is 0 Å². The number of benzene rings is 2. The van der Waals surface area contributed by atoms with Crippen LogP contribution >= 0.6 is 0 Å². The number of carbonyl (C=O) groups is 2. The number of carbonyl (C=O) groups excluding carboxylic acids is 2. The number of aryl methyl sites for hydroxylation is 2. The van der Waals surface area contributed by atoms with Gasteiger partial charge in [0.05, 0.1) is 12.6 Å². The molecule has 2 aromatic rings. The second-order valence-electron chi connectivity index (χ2n) is 8.77. The van der Waals surface area contributed by atoms with E-state index in [1.54, 1.807) is 4.90 Å². The van der Waals surface area contributed by atoms with Crippen LogP contribution in [0.25, 0.3) is 0 Å². The fourth-order valence-corrected chi connectivity index (χ4v) is 4.53. The summed E-state index contributed by atoms with van der Waals surface area (Å²) in [5, 5.41) is 0. The number of piperazine rings is 1. The molecule has 0 aliphatic carbocycles. The van der Waals surface area contributed by atoms with Crippen molar-refractivity contribution in [3.05, 3.63) is 70.8 Å². The largest absolute Gasteiger partial charge is 0.331 e. The first kappa shape index (κ1) is 18.7. The van der Waals surface area contributed by atoms with Crippen LogP contribution in [0.3, 0.4) is 0 Å². The van der Waals surface area contributed by atoms with E-state index in [9.17, 15) is 9.59 Å². The molecule has 2 aromatic carbocycles. The number of amides is 2. The molecule has 1 fully saturated rings. The lowest BCUT2D eigenvalue weighted by Gasteiger charge is -2.49. The van der Waals surface area contributed by atoms with Gasteiger partial charge in [0.2, 0.25) is 11.8 Å². The van der Waals surface area contributed by atoms with Gasteiger partial charge in [-0.05, 0) is 30.0 Å². The van der Waals surface area contributed by atoms with Gasteiger partial charge in [0, 0.05) is 24.9 Å². The molecule has 0 aromatic heterocycles. The Hall–Kier alpha value is -2.62. The molecule has 0 radical (unpaired) electrons. The van der Waals surface area contributed by atoms with Gasteiger partial charge in [-0.25, -0.2) is 0 Å². The Bertz CT molecular complexity index is 901. The lowest BCUT2D eigenvalue weighted by Crippen LogP contribution is -2.58. The van der Waals surface area contributed by atoms with E-state index in [0.717, 1.165) is 5.56 Å². The van der Waals surface area contributed by atoms with Crippen molar-refractivity contribution in [3.63, 3.8) is 0 Å². The molecule has 28 heavy (non-hydrogen) atoms. The lowest BCUT2D eigenvalue weighted by atomic mass is 9.75. The Morgan fingerprint density at radius 1 is 1.11 bits per heavy atom. The number of hydrogen-bond acceptors (Lipinski definition) is 2. The van der Waals surface area contributed by atoms with Crippen LogP contribution < -0.4 is 0 Å². The third-order valence-corrected chi connectivity index (χ3v) is 6.13. The van der Waals surface area contributed by atoms with E-state index in [4.69, 9.17) is 0 Å². The normalized spacial score (nSPS) is 20.5. The third kappa shape index (κ3) is 3.44. The second kappa shape index (κ2) is 7.08. The minimum atomic E-state index is -0.0691. The van der Waals surface area contributed by atoms with Crippen molar-refractivity contribution in [1.82, 2.24) is 9.80 Å². The average molecular weight is 377 g/mol. The molecule has 0 spiro atoms. The van der Waals surface area contributed by atoms with E-state index in [1.165, 1.54) is 16.7 Å². The Kier molecular flexibility index (Phi) is 4.74. The van der Waals surface area contributed by atoms with Crippen molar-refractivity contribution >= 4 is 11.8 Å². The van der Waals surface area contributed by atoms with E-state index in [2.05, 4.69) is 63.2 Å². The van der Waals surface area contributed by atoms with Crippen molar-refractivity contribution in [3.8, 4) is 0 Å². The molecule has 2 aliphatic rings. The van der Waals surface area contributed by atoms with Crippen molar-refractivity contribution in [2.45, 2.75) is 45.1 Å². The van der Waals surface area contributed by atoms with Gasteiger partial charge < -0.3 is 9.80 Å². The third-order valence-electron chi connectivity index (χ3n) is 6.13. The molecule has 0 saturated carbocycles. The Morgan fingerprint density at radius 2 is 1.82 bits per heavy atom.